The fraction of sp³-hybridized carbons (Fsp3) is 0.333. The lowest BCUT2D eigenvalue weighted by atomic mass is 10.1. The Hall–Kier alpha value is -1.62. The highest BCUT2D eigenvalue weighted by Gasteiger charge is 2.14. The molecule has 0 spiro atoms. The Bertz CT molecular complexity index is 707. The van der Waals surface area contributed by atoms with Gasteiger partial charge in [0.15, 0.2) is 11.5 Å². The van der Waals surface area contributed by atoms with E-state index in [4.69, 9.17) is 37.4 Å². The minimum absolute atomic E-state index is 0.0487. The van der Waals surface area contributed by atoms with Crippen molar-refractivity contribution >= 4 is 23.2 Å². The summed E-state index contributed by atoms with van der Waals surface area (Å²) in [5.74, 6) is 2.02. The first kappa shape index (κ1) is 18.7. The average molecular weight is 370 g/mol. The van der Waals surface area contributed by atoms with Gasteiger partial charge in [0.05, 0.1) is 21.3 Å². The Morgan fingerprint density at radius 2 is 1.54 bits per heavy atom. The predicted molar refractivity (Wildman–Crippen MR) is 97.8 cm³/mol. The van der Waals surface area contributed by atoms with Crippen LogP contribution in [-0.4, -0.2) is 21.3 Å². The van der Waals surface area contributed by atoms with Crippen molar-refractivity contribution in [1.82, 2.24) is 5.32 Å². The Morgan fingerprint density at radius 1 is 0.917 bits per heavy atom. The maximum absolute atomic E-state index is 6.27. The Balaban J connectivity index is 2.18. The van der Waals surface area contributed by atoms with Crippen LogP contribution in [0.4, 0.5) is 0 Å². The zero-order chi connectivity index (χ0) is 17.7. The molecular weight excluding hydrogens is 349 g/mol. The zero-order valence-corrected chi connectivity index (χ0v) is 15.7. The van der Waals surface area contributed by atoms with Gasteiger partial charge in [-0.2, -0.15) is 0 Å². The second kappa shape index (κ2) is 8.47. The standard InChI is InChI=1S/C18H21Cl2NO3/c1-11(14-6-5-13(19)8-15(14)20)21-10-12-7-17(23-3)18(24-4)9-16(12)22-2/h5-9,11,21H,10H2,1-4H3/t11-/m1/s1. The summed E-state index contributed by atoms with van der Waals surface area (Å²) in [7, 11) is 4.84. The maximum atomic E-state index is 6.27. The fourth-order valence-corrected chi connectivity index (χ4v) is 3.03. The SMILES string of the molecule is COc1cc(OC)c(OC)cc1CN[C@H](C)c1ccc(Cl)cc1Cl. The molecule has 4 nitrogen and oxygen atoms in total. The molecule has 0 fully saturated rings. The first-order chi connectivity index (χ1) is 11.5. The quantitative estimate of drug-likeness (QED) is 0.755. The van der Waals surface area contributed by atoms with Crippen LogP contribution in [0.3, 0.4) is 0 Å². The third-order valence-corrected chi connectivity index (χ3v) is 4.38. The zero-order valence-electron chi connectivity index (χ0n) is 14.2. The first-order valence-electron chi connectivity index (χ1n) is 7.47. The van der Waals surface area contributed by atoms with E-state index >= 15 is 0 Å². The summed E-state index contributed by atoms with van der Waals surface area (Å²) in [6.45, 7) is 2.63. The summed E-state index contributed by atoms with van der Waals surface area (Å²) in [5, 5.41) is 4.70. The molecule has 0 unspecified atom stereocenters. The van der Waals surface area contributed by atoms with E-state index in [1.807, 2.05) is 31.2 Å². The number of methoxy groups -OCH3 is 3. The van der Waals surface area contributed by atoms with Crippen LogP contribution >= 0.6 is 23.2 Å². The van der Waals surface area contributed by atoms with Crippen molar-refractivity contribution in [3.63, 3.8) is 0 Å². The van der Waals surface area contributed by atoms with Crippen LogP contribution in [-0.2, 0) is 6.54 Å². The molecule has 2 aromatic rings. The lowest BCUT2D eigenvalue weighted by Gasteiger charge is -2.18. The molecule has 0 amide bonds. The first-order valence-corrected chi connectivity index (χ1v) is 8.23. The molecule has 6 heteroatoms. The lowest BCUT2D eigenvalue weighted by molar-refractivity contribution is 0.346. The number of ether oxygens (including phenoxy) is 3. The molecule has 0 saturated carbocycles. The van der Waals surface area contributed by atoms with Gasteiger partial charge in [0.2, 0.25) is 0 Å². The van der Waals surface area contributed by atoms with E-state index in [9.17, 15) is 0 Å². The topological polar surface area (TPSA) is 39.7 Å². The highest BCUT2D eigenvalue weighted by Crippen LogP contribution is 2.35. The summed E-state index contributed by atoms with van der Waals surface area (Å²) in [4.78, 5) is 0. The van der Waals surface area contributed by atoms with Gasteiger partial charge in [0.1, 0.15) is 5.75 Å². The summed E-state index contributed by atoms with van der Waals surface area (Å²) in [5.41, 5.74) is 1.95. The molecule has 0 aromatic heterocycles. The van der Waals surface area contributed by atoms with Crippen molar-refractivity contribution in [1.29, 1.82) is 0 Å². The summed E-state index contributed by atoms with van der Waals surface area (Å²) >= 11 is 12.2. The molecule has 2 aromatic carbocycles. The van der Waals surface area contributed by atoms with Gasteiger partial charge in [-0.1, -0.05) is 29.3 Å². The van der Waals surface area contributed by atoms with Crippen LogP contribution in [0.1, 0.15) is 24.1 Å². The van der Waals surface area contributed by atoms with Crippen LogP contribution in [0.2, 0.25) is 10.0 Å². The van der Waals surface area contributed by atoms with Crippen molar-refractivity contribution in [3.05, 3.63) is 51.5 Å². The minimum Gasteiger partial charge on any atom is -0.496 e. The Morgan fingerprint density at radius 3 is 2.12 bits per heavy atom. The summed E-state index contributed by atoms with van der Waals surface area (Å²) in [6.07, 6.45) is 0. The average Bonchev–Trinajstić information content (AvgIpc) is 2.58. The summed E-state index contributed by atoms with van der Waals surface area (Å²) in [6, 6.07) is 9.27. The second-order valence-electron chi connectivity index (χ2n) is 5.29. The highest BCUT2D eigenvalue weighted by atomic mass is 35.5. The number of hydrogen-bond acceptors (Lipinski definition) is 4. The molecule has 0 aliphatic rings. The highest BCUT2D eigenvalue weighted by molar-refractivity contribution is 6.35. The van der Waals surface area contributed by atoms with E-state index < -0.39 is 0 Å². The smallest absolute Gasteiger partial charge is 0.164 e. The molecule has 0 aliphatic heterocycles. The Labute approximate surface area is 152 Å². The monoisotopic (exact) mass is 369 g/mol. The van der Waals surface area contributed by atoms with Crippen LogP contribution in [0.5, 0.6) is 17.2 Å². The predicted octanol–water partition coefficient (Wildman–Crippen LogP) is 4.87. The van der Waals surface area contributed by atoms with E-state index in [-0.39, 0.29) is 6.04 Å². The van der Waals surface area contributed by atoms with Gasteiger partial charge in [-0.15, -0.1) is 0 Å². The van der Waals surface area contributed by atoms with Gasteiger partial charge >= 0.3 is 0 Å². The number of halogens is 2. The number of rotatable bonds is 7. The molecule has 0 radical (unpaired) electrons. The largest absolute Gasteiger partial charge is 0.496 e. The van der Waals surface area contributed by atoms with E-state index in [2.05, 4.69) is 5.32 Å². The van der Waals surface area contributed by atoms with Crippen molar-refractivity contribution in [3.8, 4) is 17.2 Å². The van der Waals surface area contributed by atoms with Crippen molar-refractivity contribution in [2.75, 3.05) is 21.3 Å². The molecule has 24 heavy (non-hydrogen) atoms. The van der Waals surface area contributed by atoms with Crippen molar-refractivity contribution < 1.29 is 14.2 Å². The summed E-state index contributed by atoms with van der Waals surface area (Å²) < 4.78 is 16.1. The molecule has 0 heterocycles. The minimum atomic E-state index is 0.0487. The third kappa shape index (κ3) is 4.26. The maximum Gasteiger partial charge on any atom is 0.164 e. The van der Waals surface area contributed by atoms with Crippen LogP contribution in [0.15, 0.2) is 30.3 Å². The van der Waals surface area contributed by atoms with Gasteiger partial charge < -0.3 is 19.5 Å². The molecule has 130 valence electrons. The van der Waals surface area contributed by atoms with E-state index in [1.54, 1.807) is 27.4 Å². The lowest BCUT2D eigenvalue weighted by Crippen LogP contribution is -2.19. The van der Waals surface area contributed by atoms with Gasteiger partial charge in [-0.25, -0.2) is 0 Å². The number of hydrogen-bond donors (Lipinski definition) is 1. The van der Waals surface area contributed by atoms with Gasteiger partial charge in [-0.3, -0.25) is 0 Å². The van der Waals surface area contributed by atoms with E-state index in [0.717, 1.165) is 16.9 Å². The van der Waals surface area contributed by atoms with Gasteiger partial charge in [0.25, 0.3) is 0 Å². The molecular formula is C18H21Cl2NO3. The number of benzene rings is 2. The van der Waals surface area contributed by atoms with Crippen LogP contribution < -0.4 is 19.5 Å². The van der Waals surface area contributed by atoms with Crippen LogP contribution in [0.25, 0.3) is 0 Å². The van der Waals surface area contributed by atoms with Crippen molar-refractivity contribution in [2.45, 2.75) is 19.5 Å². The number of nitrogens with one attached hydrogen (secondary N) is 1. The van der Waals surface area contributed by atoms with Gasteiger partial charge in [0, 0.05) is 34.3 Å². The third-order valence-electron chi connectivity index (χ3n) is 3.81. The molecule has 0 saturated heterocycles. The van der Waals surface area contributed by atoms with E-state index in [1.165, 1.54) is 0 Å². The molecule has 0 bridgehead atoms. The van der Waals surface area contributed by atoms with Gasteiger partial charge in [-0.05, 0) is 30.7 Å². The normalized spacial score (nSPS) is 11.9. The molecule has 2 rings (SSSR count). The second-order valence-corrected chi connectivity index (χ2v) is 6.13. The van der Waals surface area contributed by atoms with E-state index in [0.29, 0.717) is 28.1 Å². The van der Waals surface area contributed by atoms with Crippen molar-refractivity contribution in [2.24, 2.45) is 0 Å². The van der Waals surface area contributed by atoms with Crippen LogP contribution in [0, 0.1) is 0 Å². The molecule has 1 atom stereocenters. The molecule has 0 aliphatic carbocycles. The molecule has 1 N–H and O–H groups in total. The Kier molecular flexibility index (Phi) is 6.60. The fourth-order valence-electron chi connectivity index (χ4n) is 2.46.